The molecule has 2 nitrogen and oxygen atoms in total. The van der Waals surface area contributed by atoms with Crippen LogP contribution in [0.1, 0.15) is 0 Å². The van der Waals surface area contributed by atoms with Crippen molar-refractivity contribution in [3.05, 3.63) is 47.1 Å². The van der Waals surface area contributed by atoms with Gasteiger partial charge in [0, 0.05) is 4.90 Å². The van der Waals surface area contributed by atoms with Crippen molar-refractivity contribution in [2.24, 2.45) is 0 Å². The molecule has 1 aromatic carbocycles. The molecule has 0 saturated heterocycles. The Hall–Kier alpha value is -1.33. The fourth-order valence-corrected chi connectivity index (χ4v) is 2.21. The van der Waals surface area contributed by atoms with Gasteiger partial charge in [0.25, 0.3) is 0 Å². The SMILES string of the molecule is Nc1ccc(Cl)nc1Sc1ccc(F)c(F)c1. The monoisotopic (exact) mass is 272 g/mol. The molecular weight excluding hydrogens is 266 g/mol. The zero-order valence-corrected chi connectivity index (χ0v) is 10.0. The maximum Gasteiger partial charge on any atom is 0.159 e. The van der Waals surface area contributed by atoms with E-state index in [2.05, 4.69) is 4.98 Å². The van der Waals surface area contributed by atoms with Crippen molar-refractivity contribution < 1.29 is 8.78 Å². The van der Waals surface area contributed by atoms with Gasteiger partial charge in [0.1, 0.15) is 10.2 Å². The number of hydrogen-bond donors (Lipinski definition) is 1. The van der Waals surface area contributed by atoms with E-state index < -0.39 is 11.6 Å². The summed E-state index contributed by atoms with van der Waals surface area (Å²) in [5.41, 5.74) is 6.13. The summed E-state index contributed by atoms with van der Waals surface area (Å²) < 4.78 is 25.7. The Labute approximate surface area is 106 Å². The Morgan fingerprint density at radius 1 is 1.12 bits per heavy atom. The number of halogens is 3. The molecule has 0 unspecified atom stereocenters. The Balaban J connectivity index is 2.31. The molecule has 0 radical (unpaired) electrons. The molecular formula is C11H7ClF2N2S. The molecule has 0 aliphatic rings. The van der Waals surface area contributed by atoms with Gasteiger partial charge in [0.05, 0.1) is 5.69 Å². The molecule has 0 spiro atoms. The highest BCUT2D eigenvalue weighted by molar-refractivity contribution is 7.99. The molecule has 0 aliphatic carbocycles. The molecule has 17 heavy (non-hydrogen) atoms. The van der Waals surface area contributed by atoms with Gasteiger partial charge in [-0.3, -0.25) is 0 Å². The van der Waals surface area contributed by atoms with E-state index in [9.17, 15) is 8.78 Å². The van der Waals surface area contributed by atoms with Crippen molar-refractivity contribution in [3.63, 3.8) is 0 Å². The van der Waals surface area contributed by atoms with Crippen LogP contribution in [-0.4, -0.2) is 4.98 Å². The molecule has 0 bridgehead atoms. The molecule has 1 heterocycles. The first-order chi connectivity index (χ1) is 8.06. The molecule has 0 atom stereocenters. The Morgan fingerprint density at radius 3 is 2.59 bits per heavy atom. The number of nitrogens with zero attached hydrogens (tertiary/aromatic N) is 1. The maximum atomic E-state index is 13.0. The van der Waals surface area contributed by atoms with E-state index in [-0.39, 0.29) is 0 Å². The highest BCUT2D eigenvalue weighted by Crippen LogP contribution is 2.31. The predicted molar refractivity (Wildman–Crippen MR) is 64.1 cm³/mol. The summed E-state index contributed by atoms with van der Waals surface area (Å²) in [5, 5.41) is 0.757. The van der Waals surface area contributed by atoms with Crippen LogP contribution in [0.25, 0.3) is 0 Å². The van der Waals surface area contributed by atoms with Gasteiger partial charge in [-0.1, -0.05) is 23.4 Å². The lowest BCUT2D eigenvalue weighted by Gasteiger charge is -2.05. The predicted octanol–water partition coefficient (Wildman–Crippen LogP) is 3.75. The highest BCUT2D eigenvalue weighted by atomic mass is 35.5. The lowest BCUT2D eigenvalue weighted by Crippen LogP contribution is -1.92. The van der Waals surface area contributed by atoms with Gasteiger partial charge in [-0.25, -0.2) is 13.8 Å². The molecule has 0 saturated carbocycles. The molecule has 1 aromatic heterocycles. The number of anilines is 1. The van der Waals surface area contributed by atoms with E-state index in [0.29, 0.717) is 20.8 Å². The highest BCUT2D eigenvalue weighted by Gasteiger charge is 2.07. The molecule has 0 fully saturated rings. The first-order valence-electron chi connectivity index (χ1n) is 4.61. The van der Waals surface area contributed by atoms with Crippen LogP contribution < -0.4 is 5.73 Å². The van der Waals surface area contributed by atoms with Crippen molar-refractivity contribution in [2.75, 3.05) is 5.73 Å². The zero-order valence-electron chi connectivity index (χ0n) is 8.45. The number of benzene rings is 1. The second-order valence-corrected chi connectivity index (χ2v) is 4.66. The van der Waals surface area contributed by atoms with Crippen LogP contribution in [-0.2, 0) is 0 Å². The molecule has 88 valence electrons. The van der Waals surface area contributed by atoms with E-state index in [4.69, 9.17) is 17.3 Å². The molecule has 2 aromatic rings. The van der Waals surface area contributed by atoms with Gasteiger partial charge >= 0.3 is 0 Å². The Morgan fingerprint density at radius 2 is 1.88 bits per heavy atom. The van der Waals surface area contributed by atoms with Gasteiger partial charge in [0.2, 0.25) is 0 Å². The third-order valence-electron chi connectivity index (χ3n) is 1.96. The molecule has 2 rings (SSSR count). The van der Waals surface area contributed by atoms with E-state index in [1.54, 1.807) is 12.1 Å². The number of rotatable bonds is 2. The normalized spacial score (nSPS) is 10.5. The van der Waals surface area contributed by atoms with Crippen LogP contribution in [0.5, 0.6) is 0 Å². The maximum absolute atomic E-state index is 13.0. The Bertz CT molecular complexity index is 563. The summed E-state index contributed by atoms with van der Waals surface area (Å²) >= 11 is 6.85. The number of nitrogen functional groups attached to an aromatic ring is 1. The van der Waals surface area contributed by atoms with Crippen LogP contribution in [0.3, 0.4) is 0 Å². The van der Waals surface area contributed by atoms with Gasteiger partial charge in [0.15, 0.2) is 11.6 Å². The average Bonchev–Trinajstić information content (AvgIpc) is 2.29. The van der Waals surface area contributed by atoms with Crippen LogP contribution >= 0.6 is 23.4 Å². The number of hydrogen-bond acceptors (Lipinski definition) is 3. The second kappa shape index (κ2) is 4.89. The molecule has 0 aliphatic heterocycles. The summed E-state index contributed by atoms with van der Waals surface area (Å²) in [4.78, 5) is 4.51. The third-order valence-corrected chi connectivity index (χ3v) is 3.18. The molecule has 0 amide bonds. The van der Waals surface area contributed by atoms with Crippen LogP contribution in [0, 0.1) is 11.6 Å². The van der Waals surface area contributed by atoms with Gasteiger partial charge in [-0.05, 0) is 30.3 Å². The quantitative estimate of drug-likeness (QED) is 0.847. The van der Waals surface area contributed by atoms with Crippen LogP contribution in [0.15, 0.2) is 40.3 Å². The van der Waals surface area contributed by atoms with E-state index >= 15 is 0 Å². The minimum absolute atomic E-state index is 0.296. The van der Waals surface area contributed by atoms with Crippen molar-refractivity contribution in [1.29, 1.82) is 0 Å². The minimum Gasteiger partial charge on any atom is -0.397 e. The van der Waals surface area contributed by atoms with Gasteiger partial charge in [-0.2, -0.15) is 0 Å². The van der Waals surface area contributed by atoms with Gasteiger partial charge in [-0.15, -0.1) is 0 Å². The van der Waals surface area contributed by atoms with Crippen LogP contribution in [0.4, 0.5) is 14.5 Å². The third kappa shape index (κ3) is 2.87. The fraction of sp³-hybridized carbons (Fsp3) is 0. The molecule has 2 N–H and O–H groups in total. The minimum atomic E-state index is -0.907. The zero-order chi connectivity index (χ0) is 12.4. The van der Waals surface area contributed by atoms with Crippen molar-refractivity contribution >= 4 is 29.1 Å². The largest absolute Gasteiger partial charge is 0.397 e. The number of pyridine rings is 1. The Kier molecular flexibility index (Phi) is 3.49. The van der Waals surface area contributed by atoms with E-state index in [1.807, 2.05) is 0 Å². The van der Waals surface area contributed by atoms with E-state index in [1.165, 1.54) is 6.07 Å². The topological polar surface area (TPSA) is 38.9 Å². The summed E-state index contributed by atoms with van der Waals surface area (Å²) in [6.45, 7) is 0. The lowest BCUT2D eigenvalue weighted by molar-refractivity contribution is 0.506. The lowest BCUT2D eigenvalue weighted by atomic mass is 10.3. The summed E-state index contributed by atoms with van der Waals surface area (Å²) in [7, 11) is 0. The fourth-order valence-electron chi connectivity index (χ4n) is 1.16. The van der Waals surface area contributed by atoms with Crippen LogP contribution in [0.2, 0.25) is 5.15 Å². The summed E-state index contributed by atoms with van der Waals surface area (Å²) in [6, 6.07) is 6.76. The smallest absolute Gasteiger partial charge is 0.159 e. The molecule has 6 heteroatoms. The summed E-state index contributed by atoms with van der Waals surface area (Å²) in [5.74, 6) is -1.79. The van der Waals surface area contributed by atoms with Gasteiger partial charge < -0.3 is 5.73 Å². The first kappa shape index (κ1) is 12.1. The van der Waals surface area contributed by atoms with Crippen molar-refractivity contribution in [3.8, 4) is 0 Å². The van der Waals surface area contributed by atoms with Crippen molar-refractivity contribution in [1.82, 2.24) is 4.98 Å². The first-order valence-corrected chi connectivity index (χ1v) is 5.80. The number of aromatic nitrogens is 1. The van der Waals surface area contributed by atoms with Crippen molar-refractivity contribution in [2.45, 2.75) is 9.92 Å². The average molecular weight is 273 g/mol. The second-order valence-electron chi connectivity index (χ2n) is 3.21. The summed E-state index contributed by atoms with van der Waals surface area (Å²) in [6.07, 6.45) is 0. The van der Waals surface area contributed by atoms with E-state index in [0.717, 1.165) is 23.9 Å². The number of nitrogens with two attached hydrogens (primary N) is 1. The standard InChI is InChI=1S/C11H7ClF2N2S/c12-10-4-3-9(15)11(16-10)17-6-1-2-7(13)8(14)5-6/h1-5H,15H2.